The minimum absolute atomic E-state index is 0.0155. The van der Waals surface area contributed by atoms with Gasteiger partial charge in [0.2, 0.25) is 0 Å². The Bertz CT molecular complexity index is 1430. The minimum Gasteiger partial charge on any atom is -0.492 e. The molecule has 1 aliphatic heterocycles. The molecule has 192 valence electrons. The number of ketones is 1. The Balaban J connectivity index is 1.22. The number of hydrogen-bond donors (Lipinski definition) is 0. The van der Waals surface area contributed by atoms with E-state index >= 15 is 0 Å². The largest absolute Gasteiger partial charge is 0.492 e. The maximum Gasteiger partial charge on any atom is 0.263 e. The smallest absolute Gasteiger partial charge is 0.263 e. The molecule has 0 radical (unpaired) electrons. The van der Waals surface area contributed by atoms with E-state index in [2.05, 4.69) is 9.88 Å². The molecule has 0 N–H and O–H groups in total. The van der Waals surface area contributed by atoms with E-state index in [0.29, 0.717) is 41.9 Å². The molecule has 8 heteroatoms. The van der Waals surface area contributed by atoms with Crippen molar-refractivity contribution in [2.45, 2.75) is 26.9 Å². The molecule has 0 saturated carbocycles. The fourth-order valence-electron chi connectivity index (χ4n) is 4.69. The van der Waals surface area contributed by atoms with Gasteiger partial charge in [0.25, 0.3) is 5.56 Å². The summed E-state index contributed by atoms with van der Waals surface area (Å²) in [4.78, 5) is 32.6. The highest BCUT2D eigenvalue weighted by molar-refractivity contribution is 6.09. The van der Waals surface area contributed by atoms with Crippen molar-refractivity contribution in [3.63, 3.8) is 0 Å². The minimum atomic E-state index is -0.0320. The Kier molecular flexibility index (Phi) is 7.48. The monoisotopic (exact) mass is 500 g/mol. The third kappa shape index (κ3) is 5.50. The number of aromatic nitrogens is 3. The van der Waals surface area contributed by atoms with Crippen molar-refractivity contribution in [2.24, 2.45) is 0 Å². The van der Waals surface area contributed by atoms with E-state index in [1.807, 2.05) is 73.1 Å². The lowest BCUT2D eigenvalue weighted by molar-refractivity contribution is 0.0322. The molecule has 0 bridgehead atoms. The molecule has 0 spiro atoms. The fraction of sp³-hybridized carbons (Fsp3) is 0.345. The predicted octanol–water partition coefficient (Wildman–Crippen LogP) is 3.52. The van der Waals surface area contributed by atoms with Crippen LogP contribution in [-0.4, -0.2) is 64.3 Å². The lowest BCUT2D eigenvalue weighted by atomic mass is 10.0. The summed E-state index contributed by atoms with van der Waals surface area (Å²) in [5.74, 6) is 0.726. The molecule has 4 aromatic rings. The second kappa shape index (κ2) is 11.1. The Morgan fingerprint density at radius 1 is 1.00 bits per heavy atom. The number of ether oxygens (including phenoxy) is 2. The Labute approximate surface area is 216 Å². The Hall–Kier alpha value is -3.75. The molecule has 0 atom stereocenters. The van der Waals surface area contributed by atoms with Gasteiger partial charge >= 0.3 is 0 Å². The van der Waals surface area contributed by atoms with Crippen molar-refractivity contribution < 1.29 is 14.3 Å². The molecule has 2 aromatic heterocycles. The topological polar surface area (TPSA) is 78.6 Å². The molecule has 0 unspecified atom stereocenters. The number of carbonyl (C=O) groups excluding carboxylic acids is 1. The molecule has 8 nitrogen and oxygen atoms in total. The van der Waals surface area contributed by atoms with Crippen LogP contribution in [0.15, 0.2) is 65.8 Å². The second-order valence-corrected chi connectivity index (χ2v) is 9.33. The fourth-order valence-corrected chi connectivity index (χ4v) is 4.69. The molecule has 3 heterocycles. The summed E-state index contributed by atoms with van der Waals surface area (Å²) in [7, 11) is 0. The quantitative estimate of drug-likeness (QED) is 0.327. The van der Waals surface area contributed by atoms with Gasteiger partial charge in [0.05, 0.1) is 24.9 Å². The van der Waals surface area contributed by atoms with Gasteiger partial charge in [0, 0.05) is 50.0 Å². The zero-order valence-corrected chi connectivity index (χ0v) is 21.4. The van der Waals surface area contributed by atoms with Gasteiger partial charge in [0.1, 0.15) is 18.0 Å². The Morgan fingerprint density at radius 2 is 1.68 bits per heavy atom. The summed E-state index contributed by atoms with van der Waals surface area (Å²) in [6.07, 6.45) is 3.56. The summed E-state index contributed by atoms with van der Waals surface area (Å²) in [5.41, 5.74) is 3.85. The SMILES string of the molecule is CCn1cnc2c(c(C)cn2Cc2ccc(C(=O)c3ccc(OCCN4CCOCC4)cc3)cc2)c1=O. The summed E-state index contributed by atoms with van der Waals surface area (Å²) >= 11 is 0. The van der Waals surface area contributed by atoms with E-state index < -0.39 is 0 Å². The third-order valence-electron chi connectivity index (χ3n) is 6.84. The van der Waals surface area contributed by atoms with E-state index in [1.165, 1.54) is 0 Å². The standard InChI is InChI=1S/C29H32N4O4/c1-3-32-20-30-28-26(29(32)35)21(2)18-33(28)19-22-4-6-23(7-5-22)27(34)24-8-10-25(11-9-24)37-17-14-31-12-15-36-16-13-31/h4-11,18,20H,3,12-17,19H2,1-2H3. The van der Waals surface area contributed by atoms with Gasteiger partial charge in [-0.05, 0) is 49.2 Å². The number of aryl methyl sites for hydroxylation is 2. The van der Waals surface area contributed by atoms with E-state index in [0.717, 1.165) is 49.7 Å². The highest BCUT2D eigenvalue weighted by Gasteiger charge is 2.14. The number of rotatable bonds is 9. The van der Waals surface area contributed by atoms with Gasteiger partial charge in [-0.15, -0.1) is 0 Å². The molecule has 37 heavy (non-hydrogen) atoms. The van der Waals surface area contributed by atoms with E-state index in [4.69, 9.17) is 9.47 Å². The maximum absolute atomic E-state index is 13.0. The number of benzene rings is 2. The molecular formula is C29H32N4O4. The first-order chi connectivity index (χ1) is 18.0. The van der Waals surface area contributed by atoms with Crippen molar-refractivity contribution in [3.8, 4) is 5.75 Å². The molecule has 5 rings (SSSR count). The van der Waals surface area contributed by atoms with Crippen LogP contribution in [0.5, 0.6) is 5.75 Å². The lowest BCUT2D eigenvalue weighted by Gasteiger charge is -2.26. The lowest BCUT2D eigenvalue weighted by Crippen LogP contribution is -2.38. The van der Waals surface area contributed by atoms with Gasteiger partial charge in [-0.3, -0.25) is 19.1 Å². The highest BCUT2D eigenvalue weighted by Crippen LogP contribution is 2.19. The van der Waals surface area contributed by atoms with Crippen molar-refractivity contribution in [3.05, 3.63) is 93.7 Å². The molecule has 1 fully saturated rings. The van der Waals surface area contributed by atoms with E-state index in [-0.39, 0.29) is 11.3 Å². The Morgan fingerprint density at radius 3 is 2.35 bits per heavy atom. The van der Waals surface area contributed by atoms with Crippen molar-refractivity contribution in [2.75, 3.05) is 39.5 Å². The van der Waals surface area contributed by atoms with Crippen LogP contribution in [-0.2, 0) is 17.8 Å². The van der Waals surface area contributed by atoms with Gasteiger partial charge < -0.3 is 14.0 Å². The van der Waals surface area contributed by atoms with Crippen molar-refractivity contribution in [1.29, 1.82) is 0 Å². The van der Waals surface area contributed by atoms with Gasteiger partial charge in [-0.25, -0.2) is 4.98 Å². The molecule has 1 aliphatic rings. The van der Waals surface area contributed by atoms with Crippen LogP contribution in [0.4, 0.5) is 0 Å². The molecule has 0 aliphatic carbocycles. The number of morpholine rings is 1. The first kappa shape index (κ1) is 24.9. The summed E-state index contributed by atoms with van der Waals surface area (Å²) in [6, 6.07) is 14.9. The number of hydrogen-bond acceptors (Lipinski definition) is 6. The summed E-state index contributed by atoms with van der Waals surface area (Å²) in [5, 5.41) is 0.657. The van der Waals surface area contributed by atoms with Crippen molar-refractivity contribution >= 4 is 16.8 Å². The van der Waals surface area contributed by atoms with Crippen LogP contribution in [0, 0.1) is 6.92 Å². The highest BCUT2D eigenvalue weighted by atomic mass is 16.5. The van der Waals surface area contributed by atoms with Gasteiger partial charge in [-0.1, -0.05) is 24.3 Å². The van der Waals surface area contributed by atoms with Crippen LogP contribution >= 0.6 is 0 Å². The summed E-state index contributed by atoms with van der Waals surface area (Å²) in [6.45, 7) is 9.92. The third-order valence-corrected chi connectivity index (χ3v) is 6.84. The zero-order chi connectivity index (χ0) is 25.8. The van der Waals surface area contributed by atoms with Crippen LogP contribution in [0.25, 0.3) is 11.0 Å². The van der Waals surface area contributed by atoms with Gasteiger partial charge in [0.15, 0.2) is 5.78 Å². The number of fused-ring (bicyclic) bond motifs is 1. The average Bonchev–Trinajstić information content (AvgIpc) is 3.25. The summed E-state index contributed by atoms with van der Waals surface area (Å²) < 4.78 is 14.8. The van der Waals surface area contributed by atoms with Crippen LogP contribution < -0.4 is 10.3 Å². The normalized spacial score (nSPS) is 14.2. The first-order valence-corrected chi connectivity index (χ1v) is 12.7. The van der Waals surface area contributed by atoms with Gasteiger partial charge in [-0.2, -0.15) is 0 Å². The molecular weight excluding hydrogens is 468 g/mol. The maximum atomic E-state index is 13.0. The predicted molar refractivity (Wildman–Crippen MR) is 143 cm³/mol. The zero-order valence-electron chi connectivity index (χ0n) is 21.4. The van der Waals surface area contributed by atoms with E-state index in [1.54, 1.807) is 10.9 Å². The second-order valence-electron chi connectivity index (χ2n) is 9.33. The average molecular weight is 501 g/mol. The molecule has 0 amide bonds. The van der Waals surface area contributed by atoms with E-state index in [9.17, 15) is 9.59 Å². The number of nitrogens with zero attached hydrogens (tertiary/aromatic N) is 4. The molecule has 1 saturated heterocycles. The van der Waals surface area contributed by atoms with Crippen molar-refractivity contribution in [1.82, 2.24) is 19.0 Å². The number of carbonyl (C=O) groups is 1. The van der Waals surface area contributed by atoms with Crippen LogP contribution in [0.2, 0.25) is 0 Å². The molecule has 2 aromatic carbocycles. The van der Waals surface area contributed by atoms with Crippen LogP contribution in [0.1, 0.15) is 34.0 Å². The van der Waals surface area contributed by atoms with Crippen LogP contribution in [0.3, 0.4) is 0 Å². The first-order valence-electron chi connectivity index (χ1n) is 12.7.